The fraction of sp³-hybridized carbons (Fsp3) is 0.583. The summed E-state index contributed by atoms with van der Waals surface area (Å²) < 4.78 is 51.6. The van der Waals surface area contributed by atoms with Crippen LogP contribution in [0.1, 0.15) is 23.5 Å². The fourth-order valence-corrected chi connectivity index (χ4v) is 5.82. The van der Waals surface area contributed by atoms with Crippen LogP contribution in [0.5, 0.6) is 0 Å². The van der Waals surface area contributed by atoms with E-state index in [0.717, 1.165) is 10.8 Å². The number of rotatable bonds is 9. The number of carbonyl (C=O) groups is 1. The summed E-state index contributed by atoms with van der Waals surface area (Å²) in [6, 6.07) is 0. The summed E-state index contributed by atoms with van der Waals surface area (Å²) in [5.41, 5.74) is -2.42. The van der Waals surface area contributed by atoms with Gasteiger partial charge >= 0.3 is 29.2 Å². The number of nitrogens with one attached hydrogen (secondary N) is 2. The molecule has 1 aliphatic rings. The van der Waals surface area contributed by atoms with E-state index in [-0.39, 0.29) is 0 Å². The molecule has 1 saturated heterocycles. The first-order valence-electron chi connectivity index (χ1n) is 8.66. The van der Waals surface area contributed by atoms with Gasteiger partial charge in [0.05, 0.1) is 12.7 Å². The van der Waals surface area contributed by atoms with Crippen molar-refractivity contribution in [2.75, 3.05) is 13.7 Å². The van der Waals surface area contributed by atoms with Crippen molar-refractivity contribution < 1.29 is 61.1 Å². The second-order valence-electron chi connectivity index (χ2n) is 6.59. The van der Waals surface area contributed by atoms with E-state index in [9.17, 15) is 38.1 Å². The summed E-state index contributed by atoms with van der Waals surface area (Å²) in [5, 5.41) is 12.5. The lowest BCUT2D eigenvalue weighted by Crippen LogP contribution is -2.38. The van der Waals surface area contributed by atoms with Gasteiger partial charge in [0.1, 0.15) is 17.9 Å². The Morgan fingerprint density at radius 3 is 2.33 bits per heavy atom. The maximum absolute atomic E-state index is 12.2. The van der Waals surface area contributed by atoms with Crippen LogP contribution in [0.3, 0.4) is 0 Å². The van der Waals surface area contributed by atoms with Gasteiger partial charge < -0.3 is 34.7 Å². The predicted octanol–water partition coefficient (Wildman–Crippen LogP) is -1.87. The maximum atomic E-state index is 12.2. The minimum absolute atomic E-state index is 0.445. The molecular weight excluding hydrogens is 519 g/mol. The van der Waals surface area contributed by atoms with Crippen LogP contribution in [0.25, 0.3) is 0 Å². The lowest BCUT2D eigenvalue weighted by atomic mass is 10.0. The standard InChI is InChI=1S/C12H20N3O15P3/c1-5-8(16)7(4-27-32(23,24)30-33(25,26)29-31(20,21)22)28-11(5)15-3-6(9(17)13-2)10(18)14-12(15)19/h3,5,7-8,11,16H,4H2,1-2H3,(H,13,17)(H,23,24)(H,25,26)(H,14,18,19)(H2,20,21,22)/t5?,7-,8-,11-/m1/s1. The molecule has 1 aliphatic heterocycles. The zero-order valence-electron chi connectivity index (χ0n) is 16.7. The highest BCUT2D eigenvalue weighted by molar-refractivity contribution is 7.66. The Labute approximate surface area is 183 Å². The number of hydrogen-bond acceptors (Lipinski definition) is 11. The molecule has 33 heavy (non-hydrogen) atoms. The first-order chi connectivity index (χ1) is 15.0. The van der Waals surface area contributed by atoms with Crippen molar-refractivity contribution in [1.29, 1.82) is 0 Å². The molecular formula is C12H20N3O15P3. The van der Waals surface area contributed by atoms with Crippen molar-refractivity contribution in [3.63, 3.8) is 0 Å². The third kappa shape index (κ3) is 7.23. The number of carbonyl (C=O) groups excluding carboxylic acids is 1. The molecule has 2 rings (SSSR count). The molecule has 3 unspecified atom stereocenters. The Morgan fingerprint density at radius 1 is 1.18 bits per heavy atom. The zero-order valence-corrected chi connectivity index (χ0v) is 19.4. The number of ether oxygens (including phenoxy) is 1. The Kier molecular flexibility index (Phi) is 8.40. The summed E-state index contributed by atoms with van der Waals surface area (Å²) >= 11 is 0. The van der Waals surface area contributed by atoms with E-state index in [1.165, 1.54) is 14.0 Å². The minimum atomic E-state index is -5.74. The molecule has 0 aliphatic carbocycles. The largest absolute Gasteiger partial charge is 0.490 e. The van der Waals surface area contributed by atoms with Gasteiger partial charge in [0.15, 0.2) is 0 Å². The third-order valence-electron chi connectivity index (χ3n) is 4.22. The molecule has 21 heteroatoms. The number of nitrogens with zero attached hydrogens (tertiary/aromatic N) is 1. The molecule has 0 radical (unpaired) electrons. The van der Waals surface area contributed by atoms with Gasteiger partial charge in [-0.15, -0.1) is 0 Å². The number of aliphatic hydroxyl groups is 1. The van der Waals surface area contributed by atoms with Gasteiger partial charge in [-0.3, -0.25) is 23.7 Å². The number of aromatic nitrogens is 2. The molecule has 1 aromatic rings. The van der Waals surface area contributed by atoms with E-state index in [2.05, 4.69) is 18.5 Å². The lowest BCUT2D eigenvalue weighted by molar-refractivity contribution is -0.0468. The van der Waals surface area contributed by atoms with Crippen LogP contribution in [0, 0.1) is 5.92 Å². The van der Waals surface area contributed by atoms with Crippen molar-refractivity contribution in [1.82, 2.24) is 14.9 Å². The average molecular weight is 539 g/mol. The van der Waals surface area contributed by atoms with Crippen molar-refractivity contribution >= 4 is 29.4 Å². The number of amides is 1. The van der Waals surface area contributed by atoms with Crippen LogP contribution in [-0.2, 0) is 31.6 Å². The van der Waals surface area contributed by atoms with E-state index in [4.69, 9.17) is 19.4 Å². The SMILES string of the molecule is CNC(=O)c1cn([C@@H]2O[C@H](COP(=O)(O)OP(=O)(O)OP(=O)(O)O)[C@H](O)C2C)c(=O)[nH]c1=O. The second-order valence-corrected chi connectivity index (χ2v) is 11.0. The summed E-state index contributed by atoms with van der Waals surface area (Å²) in [6.45, 7) is 0.434. The van der Waals surface area contributed by atoms with E-state index in [1.807, 2.05) is 4.98 Å². The topological polar surface area (TPSA) is 273 Å². The van der Waals surface area contributed by atoms with Gasteiger partial charge in [-0.1, -0.05) is 6.92 Å². The molecule has 1 fully saturated rings. The Bertz CT molecular complexity index is 1160. The molecule has 0 aromatic carbocycles. The van der Waals surface area contributed by atoms with Crippen LogP contribution in [0.15, 0.2) is 15.8 Å². The molecule has 1 aromatic heterocycles. The van der Waals surface area contributed by atoms with Crippen LogP contribution in [0.4, 0.5) is 0 Å². The van der Waals surface area contributed by atoms with Crippen LogP contribution < -0.4 is 16.6 Å². The molecule has 0 saturated carbocycles. The Hall–Kier alpha value is -1.52. The van der Waals surface area contributed by atoms with Crippen molar-refractivity contribution in [2.24, 2.45) is 5.92 Å². The van der Waals surface area contributed by atoms with Gasteiger partial charge in [-0.05, 0) is 0 Å². The van der Waals surface area contributed by atoms with Gasteiger partial charge in [0.2, 0.25) is 0 Å². The first-order valence-corrected chi connectivity index (χ1v) is 13.2. The Balaban J connectivity index is 2.17. The molecule has 6 atom stereocenters. The first kappa shape index (κ1) is 27.7. The van der Waals surface area contributed by atoms with Gasteiger partial charge in [-0.25, -0.2) is 18.5 Å². The van der Waals surface area contributed by atoms with Crippen LogP contribution in [0.2, 0.25) is 0 Å². The number of H-pyrrole nitrogens is 1. The average Bonchev–Trinajstić information content (AvgIpc) is 2.91. The normalized spacial score (nSPS) is 27.0. The lowest BCUT2D eigenvalue weighted by Gasteiger charge is -2.19. The number of hydrogen-bond donors (Lipinski definition) is 7. The van der Waals surface area contributed by atoms with Crippen molar-refractivity contribution in [3.05, 3.63) is 32.6 Å². The van der Waals surface area contributed by atoms with E-state index in [1.54, 1.807) is 0 Å². The molecule has 7 N–H and O–H groups in total. The van der Waals surface area contributed by atoms with E-state index in [0.29, 0.717) is 0 Å². The predicted molar refractivity (Wildman–Crippen MR) is 104 cm³/mol. The van der Waals surface area contributed by atoms with Crippen LogP contribution in [-0.4, -0.2) is 66.0 Å². The monoisotopic (exact) mass is 539 g/mol. The maximum Gasteiger partial charge on any atom is 0.490 e. The molecule has 0 bridgehead atoms. The number of aromatic amines is 1. The smallest absolute Gasteiger partial charge is 0.390 e. The number of aliphatic hydroxyl groups excluding tert-OH is 1. The molecule has 2 heterocycles. The molecule has 188 valence electrons. The second kappa shape index (κ2) is 10.00. The summed E-state index contributed by atoms with van der Waals surface area (Å²) in [7, 11) is -15.5. The van der Waals surface area contributed by atoms with Gasteiger partial charge in [0, 0.05) is 19.2 Å². The van der Waals surface area contributed by atoms with Crippen molar-refractivity contribution in [2.45, 2.75) is 25.4 Å². The summed E-state index contributed by atoms with van der Waals surface area (Å²) in [6.07, 6.45) is -3.29. The van der Waals surface area contributed by atoms with Crippen molar-refractivity contribution in [3.8, 4) is 0 Å². The Morgan fingerprint density at radius 2 is 1.79 bits per heavy atom. The van der Waals surface area contributed by atoms with Gasteiger partial charge in [-0.2, -0.15) is 8.62 Å². The molecule has 18 nitrogen and oxygen atoms in total. The van der Waals surface area contributed by atoms with E-state index < -0.39 is 77.1 Å². The summed E-state index contributed by atoms with van der Waals surface area (Å²) in [4.78, 5) is 73.4. The number of phosphoric ester groups is 1. The van der Waals surface area contributed by atoms with Crippen LogP contribution >= 0.6 is 23.5 Å². The fourth-order valence-electron chi connectivity index (χ4n) is 2.79. The van der Waals surface area contributed by atoms with E-state index >= 15 is 0 Å². The third-order valence-corrected chi connectivity index (χ3v) is 8.02. The van der Waals surface area contributed by atoms with Gasteiger partial charge in [0.25, 0.3) is 11.5 Å². The molecule has 0 spiro atoms. The minimum Gasteiger partial charge on any atom is -0.390 e. The molecule has 1 amide bonds. The summed E-state index contributed by atoms with van der Waals surface area (Å²) in [5.74, 6) is -1.72. The zero-order chi connectivity index (χ0) is 25.4. The number of phosphoric acid groups is 3. The quantitative estimate of drug-likeness (QED) is 0.169. The highest BCUT2D eigenvalue weighted by Gasteiger charge is 2.45. The highest BCUT2D eigenvalue weighted by atomic mass is 31.3. The highest BCUT2D eigenvalue weighted by Crippen LogP contribution is 2.66.